The summed E-state index contributed by atoms with van der Waals surface area (Å²) < 4.78 is 0. The van der Waals surface area contributed by atoms with E-state index in [1.807, 2.05) is 18.2 Å². The lowest BCUT2D eigenvalue weighted by Crippen LogP contribution is -2.06. The minimum absolute atomic E-state index is 0.241. The molecule has 1 aromatic rings. The fourth-order valence-electron chi connectivity index (χ4n) is 1.59. The van der Waals surface area contributed by atoms with Crippen LogP contribution in [0.25, 0.3) is 0 Å². The number of pyridine rings is 1. The highest BCUT2D eigenvalue weighted by Crippen LogP contribution is 2.25. The molecule has 1 atom stereocenters. The van der Waals surface area contributed by atoms with E-state index in [0.717, 1.165) is 6.42 Å². The molecule has 0 fully saturated rings. The zero-order chi connectivity index (χ0) is 9.10. The Morgan fingerprint density at radius 3 is 2.69 bits per heavy atom. The zero-order valence-electron chi connectivity index (χ0n) is 7.31. The second-order valence-corrected chi connectivity index (χ2v) is 3.25. The number of nitrogens with zero attached hydrogens (tertiary/aromatic N) is 1. The van der Waals surface area contributed by atoms with Crippen molar-refractivity contribution in [2.45, 2.75) is 18.8 Å². The minimum atomic E-state index is 0.241. The highest BCUT2D eigenvalue weighted by Gasteiger charge is 2.13. The fourth-order valence-corrected chi connectivity index (χ4v) is 1.59. The van der Waals surface area contributed by atoms with Gasteiger partial charge in [0, 0.05) is 24.7 Å². The van der Waals surface area contributed by atoms with E-state index in [0.29, 0.717) is 12.3 Å². The molecule has 0 aliphatic heterocycles. The van der Waals surface area contributed by atoms with Crippen LogP contribution in [0.3, 0.4) is 0 Å². The van der Waals surface area contributed by atoms with Gasteiger partial charge < -0.3 is 0 Å². The number of carbonyl (C=O) groups excluding carboxylic acids is 1. The summed E-state index contributed by atoms with van der Waals surface area (Å²) in [6.45, 7) is 0. The van der Waals surface area contributed by atoms with E-state index < -0.39 is 0 Å². The summed E-state index contributed by atoms with van der Waals surface area (Å²) >= 11 is 0. The maximum atomic E-state index is 10.9. The van der Waals surface area contributed by atoms with Crippen LogP contribution in [0.2, 0.25) is 0 Å². The number of rotatable bonds is 1. The minimum Gasteiger partial charge on any atom is -0.295 e. The van der Waals surface area contributed by atoms with Gasteiger partial charge in [0.1, 0.15) is 0 Å². The number of aromatic nitrogens is 1. The molecule has 2 nitrogen and oxygen atoms in total. The van der Waals surface area contributed by atoms with E-state index in [1.165, 1.54) is 5.56 Å². The van der Waals surface area contributed by atoms with Gasteiger partial charge >= 0.3 is 0 Å². The molecule has 0 amide bonds. The largest absolute Gasteiger partial charge is 0.295 e. The Morgan fingerprint density at radius 1 is 1.31 bits per heavy atom. The van der Waals surface area contributed by atoms with Crippen LogP contribution in [-0.4, -0.2) is 10.8 Å². The molecule has 0 N–H and O–H groups in total. The number of allylic oxidation sites excluding steroid dienone is 2. The van der Waals surface area contributed by atoms with Gasteiger partial charge in [-0.05, 0) is 30.2 Å². The van der Waals surface area contributed by atoms with Crippen molar-refractivity contribution in [2.24, 2.45) is 0 Å². The Morgan fingerprint density at radius 2 is 2.08 bits per heavy atom. The van der Waals surface area contributed by atoms with E-state index in [4.69, 9.17) is 0 Å². The van der Waals surface area contributed by atoms with Crippen molar-refractivity contribution in [1.29, 1.82) is 0 Å². The molecule has 0 radical (unpaired) electrons. The predicted octanol–water partition coefficient (Wildman–Crippen LogP) is 2.08. The topological polar surface area (TPSA) is 30.0 Å². The second kappa shape index (κ2) is 3.52. The summed E-state index contributed by atoms with van der Waals surface area (Å²) in [5, 5.41) is 0. The van der Waals surface area contributed by atoms with Gasteiger partial charge in [-0.15, -0.1) is 0 Å². The van der Waals surface area contributed by atoms with Gasteiger partial charge in [-0.1, -0.05) is 6.08 Å². The van der Waals surface area contributed by atoms with Crippen molar-refractivity contribution < 1.29 is 4.79 Å². The summed E-state index contributed by atoms with van der Waals surface area (Å²) in [6, 6.07) is 4.01. The third kappa shape index (κ3) is 1.83. The summed E-state index contributed by atoms with van der Waals surface area (Å²) in [5.41, 5.74) is 1.25. The molecule has 1 heterocycles. The Labute approximate surface area is 77.3 Å². The van der Waals surface area contributed by atoms with Crippen LogP contribution in [0.5, 0.6) is 0 Å². The van der Waals surface area contributed by atoms with Crippen LogP contribution in [0.4, 0.5) is 0 Å². The molecule has 1 aliphatic carbocycles. The number of hydrogen-bond donors (Lipinski definition) is 0. The van der Waals surface area contributed by atoms with Crippen LogP contribution >= 0.6 is 0 Å². The summed E-state index contributed by atoms with van der Waals surface area (Å²) in [5.74, 6) is 0.644. The molecule has 0 spiro atoms. The third-order valence-electron chi connectivity index (χ3n) is 2.35. The maximum Gasteiger partial charge on any atom is 0.155 e. The van der Waals surface area contributed by atoms with E-state index in [9.17, 15) is 4.79 Å². The number of hydrogen-bond acceptors (Lipinski definition) is 2. The van der Waals surface area contributed by atoms with Crippen molar-refractivity contribution >= 4 is 5.78 Å². The van der Waals surface area contributed by atoms with Crippen LogP contribution in [0.1, 0.15) is 24.3 Å². The molecule has 0 bridgehead atoms. The maximum absolute atomic E-state index is 10.9. The van der Waals surface area contributed by atoms with E-state index in [1.54, 1.807) is 18.5 Å². The molecule has 0 aromatic carbocycles. The molecule has 0 saturated carbocycles. The summed E-state index contributed by atoms with van der Waals surface area (Å²) in [4.78, 5) is 14.9. The van der Waals surface area contributed by atoms with Crippen molar-refractivity contribution in [3.8, 4) is 0 Å². The van der Waals surface area contributed by atoms with Gasteiger partial charge in [0.15, 0.2) is 5.78 Å². The van der Waals surface area contributed by atoms with Gasteiger partial charge in [-0.3, -0.25) is 9.78 Å². The average molecular weight is 173 g/mol. The lowest BCUT2D eigenvalue weighted by Gasteiger charge is -2.15. The molecular weight excluding hydrogens is 162 g/mol. The van der Waals surface area contributed by atoms with Gasteiger partial charge in [0.25, 0.3) is 0 Å². The molecular formula is C11H11NO. The first-order chi connectivity index (χ1) is 6.36. The standard InChI is InChI=1S/C11H11NO/c13-11-3-1-9(2-4-11)10-5-7-12-8-6-10/h1,3,5-9H,2,4H2. The zero-order valence-corrected chi connectivity index (χ0v) is 7.31. The van der Waals surface area contributed by atoms with E-state index in [2.05, 4.69) is 4.98 Å². The van der Waals surface area contributed by atoms with Crippen molar-refractivity contribution in [3.63, 3.8) is 0 Å². The molecule has 1 unspecified atom stereocenters. The smallest absolute Gasteiger partial charge is 0.155 e. The van der Waals surface area contributed by atoms with E-state index in [-0.39, 0.29) is 5.78 Å². The summed E-state index contributed by atoms with van der Waals surface area (Å²) in [7, 11) is 0. The first-order valence-corrected chi connectivity index (χ1v) is 4.47. The first-order valence-electron chi connectivity index (χ1n) is 4.47. The molecule has 13 heavy (non-hydrogen) atoms. The monoisotopic (exact) mass is 173 g/mol. The van der Waals surface area contributed by atoms with Crippen LogP contribution in [0.15, 0.2) is 36.7 Å². The highest BCUT2D eigenvalue weighted by molar-refractivity contribution is 5.90. The van der Waals surface area contributed by atoms with Crippen LogP contribution < -0.4 is 0 Å². The van der Waals surface area contributed by atoms with Gasteiger partial charge in [-0.25, -0.2) is 0 Å². The molecule has 2 heteroatoms. The van der Waals surface area contributed by atoms with Crippen molar-refractivity contribution in [1.82, 2.24) is 4.98 Å². The molecule has 2 rings (SSSR count). The lowest BCUT2D eigenvalue weighted by molar-refractivity contribution is -0.115. The van der Waals surface area contributed by atoms with E-state index >= 15 is 0 Å². The first kappa shape index (κ1) is 8.17. The van der Waals surface area contributed by atoms with Crippen molar-refractivity contribution in [2.75, 3.05) is 0 Å². The highest BCUT2D eigenvalue weighted by atomic mass is 16.1. The van der Waals surface area contributed by atoms with Crippen LogP contribution in [0, 0.1) is 0 Å². The third-order valence-corrected chi connectivity index (χ3v) is 2.35. The second-order valence-electron chi connectivity index (χ2n) is 3.25. The van der Waals surface area contributed by atoms with Gasteiger partial charge in [-0.2, -0.15) is 0 Å². The molecule has 66 valence electrons. The Bertz CT molecular complexity index is 329. The molecule has 1 aromatic heterocycles. The normalized spacial score (nSPS) is 21.8. The fraction of sp³-hybridized carbons (Fsp3) is 0.273. The lowest BCUT2D eigenvalue weighted by atomic mass is 9.89. The summed E-state index contributed by atoms with van der Waals surface area (Å²) in [6.07, 6.45) is 8.86. The van der Waals surface area contributed by atoms with Crippen molar-refractivity contribution in [3.05, 3.63) is 42.2 Å². The number of carbonyl (C=O) groups is 1. The van der Waals surface area contributed by atoms with Crippen LogP contribution in [-0.2, 0) is 4.79 Å². The quantitative estimate of drug-likeness (QED) is 0.650. The van der Waals surface area contributed by atoms with Gasteiger partial charge in [0.2, 0.25) is 0 Å². The molecule has 1 aliphatic rings. The SMILES string of the molecule is O=C1C=CC(c2ccncc2)CC1. The number of ketones is 1. The van der Waals surface area contributed by atoms with Gasteiger partial charge in [0.05, 0.1) is 0 Å². The molecule has 0 saturated heterocycles. The Balaban J connectivity index is 2.20. The predicted molar refractivity (Wildman–Crippen MR) is 50.4 cm³/mol. The Kier molecular flexibility index (Phi) is 2.21. The Hall–Kier alpha value is -1.44. The average Bonchev–Trinajstić information content (AvgIpc) is 2.20.